The van der Waals surface area contributed by atoms with Crippen LogP contribution < -0.4 is 19.7 Å². The summed E-state index contributed by atoms with van der Waals surface area (Å²) in [4.78, 5) is 44.4. The van der Waals surface area contributed by atoms with Crippen LogP contribution in [0.25, 0.3) is 0 Å². The lowest BCUT2D eigenvalue weighted by atomic mass is 9.98. The standard InChI is InChI=1S/C34H42FN3O7/c1-33(2,3)44-31(40)36-19-9-10-23-13-17-26(43-8)28(29(23)35)30(39)24-14-18-27(37-20-24)38(32(41)45-34(4,5)6)21-22-11-15-25(42-7)16-12-22/h11-18,20H,9-10,19,21H2,1-8H3,(H,36,40). The molecule has 1 aromatic heterocycles. The first-order valence-corrected chi connectivity index (χ1v) is 14.6. The van der Waals surface area contributed by atoms with Gasteiger partial charge in [0.05, 0.1) is 20.8 Å². The maximum absolute atomic E-state index is 15.7. The van der Waals surface area contributed by atoms with Gasteiger partial charge in [-0.15, -0.1) is 0 Å². The fourth-order valence-corrected chi connectivity index (χ4v) is 4.25. The van der Waals surface area contributed by atoms with Gasteiger partial charge in [0, 0.05) is 18.3 Å². The van der Waals surface area contributed by atoms with E-state index in [-0.39, 0.29) is 42.2 Å². The van der Waals surface area contributed by atoms with E-state index >= 15 is 4.39 Å². The third-order valence-electron chi connectivity index (χ3n) is 6.32. The number of anilines is 1. The fraction of sp³-hybridized carbons (Fsp3) is 0.412. The van der Waals surface area contributed by atoms with Gasteiger partial charge in [-0.25, -0.2) is 19.0 Å². The molecule has 0 aliphatic heterocycles. The Morgan fingerprint density at radius 1 is 0.867 bits per heavy atom. The van der Waals surface area contributed by atoms with Gasteiger partial charge in [-0.05, 0) is 95.8 Å². The van der Waals surface area contributed by atoms with Crippen molar-refractivity contribution in [3.63, 3.8) is 0 Å². The number of rotatable bonds is 11. The molecule has 0 saturated heterocycles. The van der Waals surface area contributed by atoms with Crippen LogP contribution in [0, 0.1) is 5.82 Å². The molecule has 0 spiro atoms. The summed E-state index contributed by atoms with van der Waals surface area (Å²) in [5, 5.41) is 2.64. The monoisotopic (exact) mass is 623 g/mol. The number of nitrogens with zero attached hydrogens (tertiary/aromatic N) is 2. The van der Waals surface area contributed by atoms with Crippen molar-refractivity contribution in [2.24, 2.45) is 0 Å². The van der Waals surface area contributed by atoms with Gasteiger partial charge >= 0.3 is 12.2 Å². The minimum Gasteiger partial charge on any atom is -0.497 e. The lowest BCUT2D eigenvalue weighted by Gasteiger charge is -2.27. The Kier molecular flexibility index (Phi) is 11.5. The van der Waals surface area contributed by atoms with E-state index in [9.17, 15) is 14.4 Å². The number of amides is 2. The molecule has 11 heteroatoms. The van der Waals surface area contributed by atoms with E-state index in [1.54, 1.807) is 66.9 Å². The molecule has 2 amide bonds. The van der Waals surface area contributed by atoms with Gasteiger partial charge in [-0.3, -0.25) is 9.69 Å². The molecular formula is C34H42FN3O7. The molecule has 2 aromatic carbocycles. The van der Waals surface area contributed by atoms with Crippen molar-refractivity contribution in [3.05, 3.63) is 82.8 Å². The third-order valence-corrected chi connectivity index (χ3v) is 6.32. The second kappa shape index (κ2) is 14.9. The smallest absolute Gasteiger partial charge is 0.416 e. The summed E-state index contributed by atoms with van der Waals surface area (Å²) in [6, 6.07) is 13.3. The molecule has 0 saturated carbocycles. The highest BCUT2D eigenvalue weighted by Gasteiger charge is 2.26. The zero-order chi connectivity index (χ0) is 33.4. The SMILES string of the molecule is COc1ccc(CN(C(=O)OC(C)(C)C)c2ccc(C(=O)c3c(OC)ccc(CCCNC(=O)OC(C)(C)C)c3F)cn2)cc1. The van der Waals surface area contributed by atoms with Gasteiger partial charge in [-0.2, -0.15) is 0 Å². The number of benzene rings is 2. The summed E-state index contributed by atoms with van der Waals surface area (Å²) in [6.07, 6.45) is 0.796. The Labute approximate surface area is 263 Å². The molecule has 0 aliphatic rings. The maximum atomic E-state index is 15.7. The molecule has 0 unspecified atom stereocenters. The number of methoxy groups -OCH3 is 2. The van der Waals surface area contributed by atoms with Crippen molar-refractivity contribution in [2.75, 3.05) is 25.7 Å². The normalized spacial score (nSPS) is 11.4. The van der Waals surface area contributed by atoms with E-state index in [4.69, 9.17) is 18.9 Å². The van der Waals surface area contributed by atoms with Crippen molar-refractivity contribution >= 4 is 23.8 Å². The van der Waals surface area contributed by atoms with Crippen LogP contribution in [0.4, 0.5) is 19.8 Å². The second-order valence-electron chi connectivity index (χ2n) is 12.3. The Morgan fingerprint density at radius 3 is 2.09 bits per heavy atom. The summed E-state index contributed by atoms with van der Waals surface area (Å²) in [5.74, 6) is -0.346. The lowest BCUT2D eigenvalue weighted by Crippen LogP contribution is -2.37. The number of carbonyl (C=O) groups excluding carboxylic acids is 3. The molecule has 0 aliphatic carbocycles. The molecule has 0 fully saturated rings. The number of pyridine rings is 1. The molecule has 10 nitrogen and oxygen atoms in total. The van der Waals surface area contributed by atoms with Crippen molar-refractivity contribution in [1.29, 1.82) is 0 Å². The number of nitrogens with one attached hydrogen (secondary N) is 1. The van der Waals surface area contributed by atoms with Crippen molar-refractivity contribution in [2.45, 2.75) is 72.1 Å². The average Bonchev–Trinajstić information content (AvgIpc) is 2.97. The first-order chi connectivity index (χ1) is 21.1. The predicted octanol–water partition coefficient (Wildman–Crippen LogP) is 6.87. The van der Waals surface area contributed by atoms with Crippen molar-refractivity contribution in [1.82, 2.24) is 10.3 Å². The van der Waals surface area contributed by atoms with Crippen LogP contribution in [-0.4, -0.2) is 54.9 Å². The van der Waals surface area contributed by atoms with E-state index in [0.717, 1.165) is 5.56 Å². The molecular weight excluding hydrogens is 581 g/mol. The van der Waals surface area contributed by atoms with E-state index in [0.29, 0.717) is 17.7 Å². The molecule has 1 N–H and O–H groups in total. The summed E-state index contributed by atoms with van der Waals surface area (Å²) in [5.41, 5.74) is -0.409. The number of halogens is 1. The molecule has 1 heterocycles. The number of aryl methyl sites for hydroxylation is 1. The van der Waals surface area contributed by atoms with E-state index in [2.05, 4.69) is 10.3 Å². The Bertz CT molecular complexity index is 1480. The van der Waals surface area contributed by atoms with Gasteiger partial charge in [0.15, 0.2) is 0 Å². The largest absolute Gasteiger partial charge is 0.497 e. The number of carbonyl (C=O) groups is 3. The van der Waals surface area contributed by atoms with Crippen LogP contribution in [0.5, 0.6) is 11.5 Å². The molecule has 3 rings (SSSR count). The Hall–Kier alpha value is -4.67. The van der Waals surface area contributed by atoms with Gasteiger partial charge in [0.1, 0.15) is 39.9 Å². The Morgan fingerprint density at radius 2 is 1.53 bits per heavy atom. The summed E-state index contributed by atoms with van der Waals surface area (Å²) >= 11 is 0. The van der Waals surface area contributed by atoms with Crippen LogP contribution in [0.2, 0.25) is 0 Å². The minimum absolute atomic E-state index is 0.0760. The number of ether oxygens (including phenoxy) is 4. The van der Waals surface area contributed by atoms with Gasteiger partial charge < -0.3 is 24.3 Å². The highest BCUT2D eigenvalue weighted by molar-refractivity contribution is 6.11. The number of hydrogen-bond donors (Lipinski definition) is 1. The quantitative estimate of drug-likeness (QED) is 0.182. The zero-order valence-corrected chi connectivity index (χ0v) is 27.2. The molecule has 3 aromatic rings. The highest BCUT2D eigenvalue weighted by Crippen LogP contribution is 2.29. The van der Waals surface area contributed by atoms with E-state index in [1.165, 1.54) is 36.4 Å². The summed E-state index contributed by atoms with van der Waals surface area (Å²) < 4.78 is 37.1. The van der Waals surface area contributed by atoms with E-state index in [1.807, 2.05) is 12.1 Å². The van der Waals surface area contributed by atoms with Crippen molar-refractivity contribution < 1.29 is 37.7 Å². The van der Waals surface area contributed by atoms with Crippen molar-refractivity contribution in [3.8, 4) is 11.5 Å². The predicted molar refractivity (Wildman–Crippen MR) is 169 cm³/mol. The van der Waals surface area contributed by atoms with Gasteiger partial charge in [0.2, 0.25) is 5.78 Å². The lowest BCUT2D eigenvalue weighted by molar-refractivity contribution is 0.0524. The average molecular weight is 624 g/mol. The van der Waals surface area contributed by atoms with Crippen LogP contribution in [-0.2, 0) is 22.4 Å². The maximum Gasteiger partial charge on any atom is 0.416 e. The molecule has 0 radical (unpaired) electrons. The van der Waals surface area contributed by atoms with Gasteiger partial charge in [-0.1, -0.05) is 18.2 Å². The van der Waals surface area contributed by atoms with Gasteiger partial charge in [0.25, 0.3) is 0 Å². The summed E-state index contributed by atoms with van der Waals surface area (Å²) in [6.45, 7) is 11.0. The number of ketones is 1. The topological polar surface area (TPSA) is 116 Å². The number of alkyl carbamates (subject to hydrolysis) is 1. The van der Waals surface area contributed by atoms with Crippen LogP contribution in [0.15, 0.2) is 54.7 Å². The summed E-state index contributed by atoms with van der Waals surface area (Å²) in [7, 11) is 2.92. The first kappa shape index (κ1) is 34.8. The van der Waals surface area contributed by atoms with Crippen LogP contribution >= 0.6 is 0 Å². The molecule has 45 heavy (non-hydrogen) atoms. The van der Waals surface area contributed by atoms with E-state index < -0.39 is 35.0 Å². The molecule has 0 atom stereocenters. The highest BCUT2D eigenvalue weighted by atomic mass is 19.1. The number of aromatic nitrogens is 1. The first-order valence-electron chi connectivity index (χ1n) is 14.6. The fourth-order valence-electron chi connectivity index (χ4n) is 4.25. The second-order valence-corrected chi connectivity index (χ2v) is 12.3. The Balaban J connectivity index is 1.82. The third kappa shape index (κ3) is 10.2. The molecule has 242 valence electrons. The minimum atomic E-state index is -0.754. The van der Waals surface area contributed by atoms with Crippen LogP contribution in [0.1, 0.15) is 75.0 Å². The molecule has 0 bridgehead atoms. The van der Waals surface area contributed by atoms with Crippen LogP contribution in [0.3, 0.4) is 0 Å². The number of hydrogen-bond acceptors (Lipinski definition) is 8. The zero-order valence-electron chi connectivity index (χ0n) is 27.2.